The van der Waals surface area contributed by atoms with Crippen molar-refractivity contribution in [3.63, 3.8) is 0 Å². The third-order valence-corrected chi connectivity index (χ3v) is 13.1. The third-order valence-electron chi connectivity index (χ3n) is 13.1. The molecule has 12 rings (SSSR count). The molecule has 0 saturated carbocycles. The van der Waals surface area contributed by atoms with E-state index in [2.05, 4.69) is 266 Å². The highest BCUT2D eigenvalue weighted by Crippen LogP contribution is 2.45. The number of hydrogen-bond acceptors (Lipinski definition) is 1. The first-order valence-electron chi connectivity index (χ1n) is 22.4. The van der Waals surface area contributed by atoms with Gasteiger partial charge >= 0.3 is 0 Å². The van der Waals surface area contributed by atoms with Crippen LogP contribution in [0.3, 0.4) is 0 Å². The molecule has 0 radical (unpaired) electrons. The van der Waals surface area contributed by atoms with Crippen molar-refractivity contribution in [3.8, 4) is 55.6 Å². The Morgan fingerprint density at radius 1 is 0.200 bits per heavy atom. The van der Waals surface area contributed by atoms with Gasteiger partial charge in [-0.05, 0) is 124 Å². The summed E-state index contributed by atoms with van der Waals surface area (Å²) in [5.41, 5.74) is 15.5. The van der Waals surface area contributed by atoms with Crippen LogP contribution < -0.4 is 4.90 Å². The normalized spacial score (nSPS) is 11.4. The zero-order chi connectivity index (χ0) is 43.1. The highest BCUT2D eigenvalue weighted by molar-refractivity contribution is 6.11. The van der Waals surface area contributed by atoms with Crippen LogP contribution in [0.1, 0.15) is 0 Å². The fourth-order valence-corrected chi connectivity index (χ4v) is 10.1. The van der Waals surface area contributed by atoms with Crippen molar-refractivity contribution in [2.75, 3.05) is 4.90 Å². The monoisotopic (exact) mass is 825 g/mol. The molecule has 0 aromatic heterocycles. The van der Waals surface area contributed by atoms with Crippen LogP contribution in [0.25, 0.3) is 98.7 Å². The SMILES string of the molecule is c1ccc(-c2cccc3cccc(-c4ccc(N(c5ccc(-c6cccc7cccc(-c8ccccc8)c67)cc5)c5ccc(-c6cccc7ccccc67)c6ccccc56)cc4)c23)cc1. The Morgan fingerprint density at radius 3 is 1.05 bits per heavy atom. The van der Waals surface area contributed by atoms with Gasteiger partial charge in [-0.25, -0.2) is 0 Å². The Morgan fingerprint density at radius 2 is 0.554 bits per heavy atom. The Kier molecular flexibility index (Phi) is 9.58. The summed E-state index contributed by atoms with van der Waals surface area (Å²) < 4.78 is 0. The molecule has 0 aliphatic carbocycles. The summed E-state index contributed by atoms with van der Waals surface area (Å²) in [6, 6.07) is 95.2. The maximum atomic E-state index is 2.43. The second kappa shape index (κ2) is 16.3. The predicted molar refractivity (Wildman–Crippen MR) is 278 cm³/mol. The Labute approximate surface area is 379 Å². The van der Waals surface area contributed by atoms with Gasteiger partial charge in [-0.3, -0.25) is 0 Å². The molecule has 65 heavy (non-hydrogen) atoms. The molecular weight excluding hydrogens is 783 g/mol. The third kappa shape index (κ3) is 6.82. The molecule has 0 aliphatic heterocycles. The lowest BCUT2D eigenvalue weighted by Gasteiger charge is -2.28. The number of rotatable bonds is 8. The van der Waals surface area contributed by atoms with Gasteiger partial charge in [0.1, 0.15) is 0 Å². The first-order valence-corrected chi connectivity index (χ1v) is 22.4. The van der Waals surface area contributed by atoms with Crippen LogP contribution in [0.5, 0.6) is 0 Å². The second-order valence-corrected chi connectivity index (χ2v) is 16.8. The fourth-order valence-electron chi connectivity index (χ4n) is 10.1. The topological polar surface area (TPSA) is 3.24 Å². The maximum Gasteiger partial charge on any atom is 0.0540 e. The molecule has 304 valence electrons. The number of fused-ring (bicyclic) bond motifs is 4. The number of hydrogen-bond donors (Lipinski definition) is 0. The molecule has 0 heterocycles. The van der Waals surface area contributed by atoms with Crippen LogP contribution >= 0.6 is 0 Å². The first kappa shape index (κ1) is 38.2. The van der Waals surface area contributed by atoms with Gasteiger partial charge in [0.05, 0.1) is 5.69 Å². The van der Waals surface area contributed by atoms with E-state index in [0.29, 0.717) is 0 Å². The van der Waals surface area contributed by atoms with Crippen LogP contribution in [0.2, 0.25) is 0 Å². The minimum atomic E-state index is 1.09. The molecule has 1 heteroatoms. The Bertz CT molecular complexity index is 3500. The summed E-state index contributed by atoms with van der Waals surface area (Å²) in [5.74, 6) is 0. The number of anilines is 3. The smallest absolute Gasteiger partial charge is 0.0540 e. The van der Waals surface area contributed by atoms with Crippen molar-refractivity contribution in [1.82, 2.24) is 0 Å². The molecule has 0 atom stereocenters. The van der Waals surface area contributed by atoms with Gasteiger partial charge in [0.15, 0.2) is 0 Å². The first-order chi connectivity index (χ1) is 32.3. The van der Waals surface area contributed by atoms with Crippen molar-refractivity contribution < 1.29 is 0 Å². The zero-order valence-corrected chi connectivity index (χ0v) is 35.8. The van der Waals surface area contributed by atoms with Crippen LogP contribution in [-0.4, -0.2) is 0 Å². The van der Waals surface area contributed by atoms with Crippen LogP contribution in [0.15, 0.2) is 261 Å². The molecule has 0 fully saturated rings. The lowest BCUT2D eigenvalue weighted by atomic mass is 9.91. The summed E-state index contributed by atoms with van der Waals surface area (Å²) >= 11 is 0. The summed E-state index contributed by atoms with van der Waals surface area (Å²) in [6.45, 7) is 0. The Hall–Kier alpha value is -8.52. The van der Waals surface area contributed by atoms with Crippen LogP contribution in [0.4, 0.5) is 17.1 Å². The molecule has 0 spiro atoms. The molecule has 12 aromatic rings. The standard InChI is InChI=1S/C64H43N/c1-3-16-45(17-4-1)54-29-12-22-49-24-14-31-56(63(49)54)47-34-38-51(39-35-47)65(62-43-42-60(59-27-9-10-28-61(59)62)58-33-11-21-44-20-7-8-26-53(44)58)52-40-36-48(37-41-52)57-32-15-25-50-23-13-30-55(64(50)57)46-18-5-2-6-19-46/h1-43H. The van der Waals surface area contributed by atoms with Crippen molar-refractivity contribution in [2.24, 2.45) is 0 Å². The van der Waals surface area contributed by atoms with E-state index in [1.54, 1.807) is 0 Å². The zero-order valence-electron chi connectivity index (χ0n) is 35.8. The maximum absolute atomic E-state index is 2.43. The number of nitrogens with zero attached hydrogens (tertiary/aromatic N) is 1. The highest BCUT2D eigenvalue weighted by atomic mass is 15.1. The minimum absolute atomic E-state index is 1.09. The van der Waals surface area contributed by atoms with Gasteiger partial charge in [-0.15, -0.1) is 0 Å². The highest BCUT2D eigenvalue weighted by Gasteiger charge is 2.20. The van der Waals surface area contributed by atoms with Gasteiger partial charge in [0.2, 0.25) is 0 Å². The van der Waals surface area contributed by atoms with Crippen LogP contribution in [-0.2, 0) is 0 Å². The summed E-state index contributed by atoms with van der Waals surface area (Å²) in [4.78, 5) is 2.43. The van der Waals surface area contributed by atoms with E-state index in [0.717, 1.165) is 17.1 Å². The molecule has 0 aliphatic rings. The van der Waals surface area contributed by atoms with E-state index in [1.807, 2.05) is 0 Å². The van der Waals surface area contributed by atoms with E-state index < -0.39 is 0 Å². The van der Waals surface area contributed by atoms with E-state index in [4.69, 9.17) is 0 Å². The van der Waals surface area contributed by atoms with Gasteiger partial charge < -0.3 is 4.90 Å². The average molecular weight is 826 g/mol. The molecule has 0 unspecified atom stereocenters. The van der Waals surface area contributed by atoms with Gasteiger partial charge in [-0.2, -0.15) is 0 Å². The minimum Gasteiger partial charge on any atom is -0.310 e. The Balaban J connectivity index is 1.02. The lowest BCUT2D eigenvalue weighted by molar-refractivity contribution is 1.30. The van der Waals surface area contributed by atoms with E-state index in [9.17, 15) is 0 Å². The van der Waals surface area contributed by atoms with Crippen molar-refractivity contribution in [1.29, 1.82) is 0 Å². The van der Waals surface area contributed by atoms with E-state index in [1.165, 1.54) is 98.7 Å². The molecule has 1 nitrogen and oxygen atoms in total. The van der Waals surface area contributed by atoms with Crippen molar-refractivity contribution >= 4 is 60.2 Å². The van der Waals surface area contributed by atoms with Crippen LogP contribution in [0, 0.1) is 0 Å². The molecular formula is C64H43N. The second-order valence-electron chi connectivity index (χ2n) is 16.8. The lowest BCUT2D eigenvalue weighted by Crippen LogP contribution is -2.10. The molecule has 0 bridgehead atoms. The fraction of sp³-hybridized carbons (Fsp3) is 0. The van der Waals surface area contributed by atoms with Gasteiger partial charge in [0.25, 0.3) is 0 Å². The van der Waals surface area contributed by atoms with E-state index >= 15 is 0 Å². The molecule has 12 aromatic carbocycles. The summed E-state index contributed by atoms with van der Waals surface area (Å²) in [6.07, 6.45) is 0. The summed E-state index contributed by atoms with van der Waals surface area (Å²) in [7, 11) is 0. The molecule has 0 saturated heterocycles. The van der Waals surface area contributed by atoms with Crippen molar-refractivity contribution in [3.05, 3.63) is 261 Å². The quantitative estimate of drug-likeness (QED) is 0.148. The van der Waals surface area contributed by atoms with Crippen molar-refractivity contribution in [2.45, 2.75) is 0 Å². The molecule has 0 amide bonds. The van der Waals surface area contributed by atoms with Gasteiger partial charge in [-0.1, -0.05) is 231 Å². The number of benzene rings is 12. The van der Waals surface area contributed by atoms with Gasteiger partial charge in [0, 0.05) is 16.8 Å². The predicted octanol–water partition coefficient (Wildman–Crippen LogP) is 18.1. The van der Waals surface area contributed by atoms with E-state index in [-0.39, 0.29) is 0 Å². The average Bonchev–Trinajstić information content (AvgIpc) is 3.39. The molecule has 0 N–H and O–H groups in total. The largest absolute Gasteiger partial charge is 0.310 e. The summed E-state index contributed by atoms with van der Waals surface area (Å²) in [5, 5.41) is 9.89.